The molecule has 1 aromatic carbocycles. The molecule has 2 aliphatic rings. The van der Waals surface area contributed by atoms with Crippen molar-refractivity contribution in [2.75, 3.05) is 25.0 Å². The van der Waals surface area contributed by atoms with Gasteiger partial charge in [0.1, 0.15) is 0 Å². The number of aromatic nitrogens is 1. The van der Waals surface area contributed by atoms with Crippen LogP contribution in [0.25, 0.3) is 0 Å². The molecular formula is C23H29N3O4S. The summed E-state index contributed by atoms with van der Waals surface area (Å²) in [5.74, 6) is 1.11. The molecule has 7 nitrogen and oxygen atoms in total. The SMILES string of the molecule is O=C(Nc1ncccc1OCC1CCCCC1)c1ccc(S(=O)(=O)N2CCCC2)cc1. The fraction of sp³-hybridized carbons (Fsp3) is 0.478. The van der Waals surface area contributed by atoms with Gasteiger partial charge < -0.3 is 10.1 Å². The van der Waals surface area contributed by atoms with Gasteiger partial charge in [-0.05, 0) is 68.0 Å². The lowest BCUT2D eigenvalue weighted by Gasteiger charge is -2.22. The number of anilines is 1. The van der Waals surface area contributed by atoms with E-state index in [1.807, 2.05) is 0 Å². The van der Waals surface area contributed by atoms with Crippen LogP contribution in [0.2, 0.25) is 0 Å². The molecule has 2 aromatic rings. The lowest BCUT2D eigenvalue weighted by molar-refractivity contribution is 0.102. The zero-order valence-electron chi connectivity index (χ0n) is 17.6. The van der Waals surface area contributed by atoms with E-state index < -0.39 is 10.0 Å². The average molecular weight is 444 g/mol. The van der Waals surface area contributed by atoms with Crippen LogP contribution in [0.3, 0.4) is 0 Å². The first kappa shape index (κ1) is 21.8. The van der Waals surface area contributed by atoms with Crippen LogP contribution in [-0.2, 0) is 10.0 Å². The molecule has 0 atom stereocenters. The predicted molar refractivity (Wildman–Crippen MR) is 119 cm³/mol. The molecule has 2 heterocycles. The highest BCUT2D eigenvalue weighted by atomic mass is 32.2. The number of carbonyl (C=O) groups excluding carboxylic acids is 1. The second kappa shape index (κ2) is 9.78. The molecule has 0 radical (unpaired) electrons. The van der Waals surface area contributed by atoms with Crippen LogP contribution in [0.4, 0.5) is 5.82 Å². The minimum atomic E-state index is -3.50. The third kappa shape index (κ3) is 5.25. The molecule has 1 aliphatic heterocycles. The van der Waals surface area contributed by atoms with E-state index in [0.717, 1.165) is 12.8 Å². The number of benzene rings is 1. The van der Waals surface area contributed by atoms with Crippen LogP contribution in [0, 0.1) is 5.92 Å². The van der Waals surface area contributed by atoms with E-state index in [-0.39, 0.29) is 10.8 Å². The van der Waals surface area contributed by atoms with E-state index in [2.05, 4.69) is 10.3 Å². The Morgan fingerprint density at radius 1 is 1.03 bits per heavy atom. The van der Waals surface area contributed by atoms with Gasteiger partial charge in [-0.25, -0.2) is 13.4 Å². The Labute approximate surface area is 183 Å². The molecule has 0 unspecified atom stereocenters. The zero-order chi connectivity index (χ0) is 21.7. The number of ether oxygens (including phenoxy) is 1. The monoisotopic (exact) mass is 443 g/mol. The van der Waals surface area contributed by atoms with Gasteiger partial charge in [0.15, 0.2) is 11.6 Å². The molecular weight excluding hydrogens is 414 g/mol. The maximum absolute atomic E-state index is 12.7. The van der Waals surface area contributed by atoms with E-state index in [1.165, 1.54) is 60.7 Å². The van der Waals surface area contributed by atoms with Crippen molar-refractivity contribution >= 4 is 21.7 Å². The number of rotatable bonds is 7. The number of nitrogens with one attached hydrogen (secondary N) is 1. The fourth-order valence-corrected chi connectivity index (χ4v) is 5.71. The number of carbonyl (C=O) groups is 1. The van der Waals surface area contributed by atoms with Crippen molar-refractivity contribution < 1.29 is 17.9 Å². The minimum Gasteiger partial charge on any atom is -0.489 e. The van der Waals surface area contributed by atoms with E-state index in [9.17, 15) is 13.2 Å². The molecule has 166 valence electrons. The van der Waals surface area contributed by atoms with Crippen molar-refractivity contribution in [3.05, 3.63) is 48.2 Å². The third-order valence-corrected chi connectivity index (χ3v) is 7.93. The summed E-state index contributed by atoms with van der Waals surface area (Å²) in [7, 11) is -3.50. The van der Waals surface area contributed by atoms with Gasteiger partial charge in [0.05, 0.1) is 11.5 Å². The van der Waals surface area contributed by atoms with Crippen LogP contribution in [-0.4, -0.2) is 43.3 Å². The van der Waals surface area contributed by atoms with Gasteiger partial charge in [-0.1, -0.05) is 19.3 Å². The molecule has 1 saturated heterocycles. The van der Waals surface area contributed by atoms with Gasteiger partial charge >= 0.3 is 0 Å². The van der Waals surface area contributed by atoms with Crippen LogP contribution in [0.5, 0.6) is 5.75 Å². The number of nitrogens with zero attached hydrogens (tertiary/aromatic N) is 2. The van der Waals surface area contributed by atoms with Crippen molar-refractivity contribution in [2.45, 2.75) is 49.8 Å². The van der Waals surface area contributed by atoms with Gasteiger partial charge in [-0.2, -0.15) is 4.31 Å². The smallest absolute Gasteiger partial charge is 0.256 e. The van der Waals surface area contributed by atoms with E-state index in [1.54, 1.807) is 18.3 Å². The van der Waals surface area contributed by atoms with Gasteiger partial charge in [0.25, 0.3) is 5.91 Å². The molecule has 4 rings (SSSR count). The molecule has 1 aliphatic carbocycles. The van der Waals surface area contributed by atoms with Gasteiger partial charge in [0.2, 0.25) is 10.0 Å². The summed E-state index contributed by atoms with van der Waals surface area (Å²) in [6.45, 7) is 1.72. The van der Waals surface area contributed by atoms with Crippen molar-refractivity contribution in [3.63, 3.8) is 0 Å². The second-order valence-corrected chi connectivity index (χ2v) is 10.2. The first-order valence-electron chi connectivity index (χ1n) is 11.0. The number of hydrogen-bond donors (Lipinski definition) is 1. The molecule has 1 saturated carbocycles. The quantitative estimate of drug-likeness (QED) is 0.697. The Morgan fingerprint density at radius 3 is 2.45 bits per heavy atom. The number of hydrogen-bond acceptors (Lipinski definition) is 5. The fourth-order valence-electron chi connectivity index (χ4n) is 4.20. The normalized spacial score (nSPS) is 18.1. The lowest BCUT2D eigenvalue weighted by atomic mass is 9.90. The Balaban J connectivity index is 1.41. The number of amides is 1. The molecule has 31 heavy (non-hydrogen) atoms. The maximum atomic E-state index is 12.7. The predicted octanol–water partition coefficient (Wildman–Crippen LogP) is 4.08. The van der Waals surface area contributed by atoms with Crippen molar-refractivity contribution in [2.24, 2.45) is 5.92 Å². The summed E-state index contributed by atoms with van der Waals surface area (Å²) in [5, 5.41) is 2.79. The van der Waals surface area contributed by atoms with Crippen molar-refractivity contribution in [3.8, 4) is 5.75 Å². The highest BCUT2D eigenvalue weighted by Crippen LogP contribution is 2.27. The van der Waals surface area contributed by atoms with Crippen LogP contribution in [0.15, 0.2) is 47.5 Å². The van der Waals surface area contributed by atoms with E-state index in [4.69, 9.17) is 4.74 Å². The van der Waals surface area contributed by atoms with Gasteiger partial charge in [0, 0.05) is 24.8 Å². The molecule has 1 amide bonds. The Hall–Kier alpha value is -2.45. The summed E-state index contributed by atoms with van der Waals surface area (Å²) in [5.41, 5.74) is 0.365. The van der Waals surface area contributed by atoms with Crippen LogP contribution < -0.4 is 10.1 Å². The van der Waals surface area contributed by atoms with E-state index in [0.29, 0.717) is 42.7 Å². The highest BCUT2D eigenvalue weighted by Gasteiger charge is 2.27. The van der Waals surface area contributed by atoms with Gasteiger partial charge in [-0.3, -0.25) is 4.79 Å². The first-order valence-corrected chi connectivity index (χ1v) is 12.5. The summed E-state index contributed by atoms with van der Waals surface area (Å²) >= 11 is 0. The topological polar surface area (TPSA) is 88.6 Å². The van der Waals surface area contributed by atoms with Gasteiger partial charge in [-0.15, -0.1) is 0 Å². The average Bonchev–Trinajstić information content (AvgIpc) is 3.35. The summed E-state index contributed by atoms with van der Waals surface area (Å²) in [6.07, 6.45) is 9.51. The Bertz CT molecular complexity index is 996. The Morgan fingerprint density at radius 2 is 1.74 bits per heavy atom. The molecule has 1 aromatic heterocycles. The summed E-state index contributed by atoms with van der Waals surface area (Å²) in [4.78, 5) is 17.2. The zero-order valence-corrected chi connectivity index (χ0v) is 18.4. The number of sulfonamides is 1. The van der Waals surface area contributed by atoms with Crippen LogP contribution in [0.1, 0.15) is 55.3 Å². The first-order chi connectivity index (χ1) is 15.0. The highest BCUT2D eigenvalue weighted by molar-refractivity contribution is 7.89. The molecule has 8 heteroatoms. The van der Waals surface area contributed by atoms with E-state index >= 15 is 0 Å². The molecule has 1 N–H and O–H groups in total. The molecule has 0 spiro atoms. The summed E-state index contributed by atoms with van der Waals surface area (Å²) < 4.78 is 32.8. The standard InChI is InChI=1S/C23H29N3O4S/c27-23(19-10-12-20(13-11-19)31(28,29)26-15-4-5-16-26)25-22-21(9-6-14-24-22)30-17-18-7-2-1-3-8-18/h6,9-14,18H,1-5,7-8,15-17H2,(H,24,25,27). The third-order valence-electron chi connectivity index (χ3n) is 6.02. The summed E-state index contributed by atoms with van der Waals surface area (Å²) in [6, 6.07) is 9.62. The largest absolute Gasteiger partial charge is 0.489 e. The second-order valence-electron chi connectivity index (χ2n) is 8.25. The molecule has 2 fully saturated rings. The van der Waals surface area contributed by atoms with Crippen molar-refractivity contribution in [1.82, 2.24) is 9.29 Å². The lowest BCUT2D eigenvalue weighted by Crippen LogP contribution is -2.27. The maximum Gasteiger partial charge on any atom is 0.256 e. The molecule has 0 bridgehead atoms. The minimum absolute atomic E-state index is 0.209. The van der Waals surface area contributed by atoms with Crippen molar-refractivity contribution in [1.29, 1.82) is 0 Å². The van der Waals surface area contributed by atoms with Crippen LogP contribution >= 0.6 is 0 Å². The Kier molecular flexibility index (Phi) is 6.87. The number of pyridine rings is 1.